The summed E-state index contributed by atoms with van der Waals surface area (Å²) in [4.78, 5) is 33.8. The third-order valence-electron chi connectivity index (χ3n) is 5.15. The first kappa shape index (κ1) is 18.3. The Labute approximate surface area is 171 Å². The number of carbonyl (C=O) groups is 1. The fourth-order valence-electron chi connectivity index (χ4n) is 3.68. The third-order valence-corrected chi connectivity index (χ3v) is 5.15. The molecule has 8 heteroatoms. The van der Waals surface area contributed by atoms with Crippen LogP contribution in [0.2, 0.25) is 0 Å². The van der Waals surface area contributed by atoms with Crippen LogP contribution in [0.3, 0.4) is 0 Å². The van der Waals surface area contributed by atoms with Gasteiger partial charge in [0.05, 0.1) is 24.5 Å². The van der Waals surface area contributed by atoms with Crippen LogP contribution in [0.15, 0.2) is 65.7 Å². The molecular weight excluding hydrogens is 382 g/mol. The Hall–Kier alpha value is -3.78. The highest BCUT2D eigenvalue weighted by molar-refractivity contribution is 5.82. The molecule has 2 N–H and O–H groups in total. The van der Waals surface area contributed by atoms with E-state index in [2.05, 4.69) is 20.4 Å². The van der Waals surface area contributed by atoms with Gasteiger partial charge >= 0.3 is 0 Å². The van der Waals surface area contributed by atoms with Gasteiger partial charge in [-0.1, -0.05) is 24.3 Å². The lowest BCUT2D eigenvalue weighted by molar-refractivity contribution is -0.134. The summed E-state index contributed by atoms with van der Waals surface area (Å²) in [7, 11) is 0. The van der Waals surface area contributed by atoms with E-state index in [1.807, 2.05) is 36.4 Å². The molecule has 0 radical (unpaired) electrons. The molecule has 0 saturated carbocycles. The van der Waals surface area contributed by atoms with E-state index in [1.165, 1.54) is 10.6 Å². The number of carbonyl (C=O) groups excluding carboxylic acids is 1. The summed E-state index contributed by atoms with van der Waals surface area (Å²) in [6, 6.07) is 14.7. The molecule has 0 bridgehead atoms. The lowest BCUT2D eigenvalue weighted by Gasteiger charge is -2.25. The molecule has 8 nitrogen and oxygen atoms in total. The zero-order chi connectivity index (χ0) is 20.5. The number of benzene rings is 1. The highest BCUT2D eigenvalue weighted by atomic mass is 16.5. The fourth-order valence-corrected chi connectivity index (χ4v) is 3.68. The number of hydrogen-bond acceptors (Lipinski definition) is 5. The van der Waals surface area contributed by atoms with Gasteiger partial charge in [0.25, 0.3) is 11.5 Å². The van der Waals surface area contributed by atoms with Gasteiger partial charge in [0, 0.05) is 30.1 Å². The number of amides is 1. The molecule has 5 rings (SSSR count). The SMILES string of the molecule is O=C(NCc1cc(=O)n2[nH]c(-c3cccnc3)cc2n1)C1OCCc2ccccc21. The number of ether oxygens (including phenoxy) is 1. The van der Waals surface area contributed by atoms with Crippen LogP contribution in [0.25, 0.3) is 16.9 Å². The Bertz CT molecular complexity index is 1280. The van der Waals surface area contributed by atoms with Gasteiger partial charge in [-0.3, -0.25) is 19.7 Å². The maximum atomic E-state index is 12.7. The Kier molecular flexibility index (Phi) is 4.61. The molecule has 1 atom stereocenters. The Morgan fingerprint density at radius 1 is 1.23 bits per heavy atom. The number of nitrogens with one attached hydrogen (secondary N) is 2. The number of pyridine rings is 1. The zero-order valence-electron chi connectivity index (χ0n) is 16.0. The van der Waals surface area contributed by atoms with Gasteiger partial charge in [0.15, 0.2) is 11.8 Å². The Balaban J connectivity index is 1.36. The Morgan fingerprint density at radius 2 is 2.13 bits per heavy atom. The largest absolute Gasteiger partial charge is 0.363 e. The van der Waals surface area contributed by atoms with Crippen molar-refractivity contribution >= 4 is 11.6 Å². The van der Waals surface area contributed by atoms with Crippen molar-refractivity contribution in [1.29, 1.82) is 0 Å². The first-order chi connectivity index (χ1) is 14.7. The second-order valence-electron chi connectivity index (χ2n) is 7.11. The zero-order valence-corrected chi connectivity index (χ0v) is 16.0. The highest BCUT2D eigenvalue weighted by Crippen LogP contribution is 2.27. The molecule has 0 aliphatic carbocycles. The maximum Gasteiger partial charge on any atom is 0.272 e. The molecule has 4 heterocycles. The van der Waals surface area contributed by atoms with Crippen molar-refractivity contribution in [2.24, 2.45) is 0 Å². The van der Waals surface area contributed by atoms with Crippen molar-refractivity contribution in [3.05, 3.63) is 88.1 Å². The number of nitrogens with zero attached hydrogens (tertiary/aromatic N) is 3. The summed E-state index contributed by atoms with van der Waals surface area (Å²) < 4.78 is 7.06. The number of hydrogen-bond donors (Lipinski definition) is 2. The van der Waals surface area contributed by atoms with Crippen molar-refractivity contribution in [3.8, 4) is 11.3 Å². The van der Waals surface area contributed by atoms with Crippen molar-refractivity contribution in [1.82, 2.24) is 24.9 Å². The topological polar surface area (TPSA) is 101 Å². The summed E-state index contributed by atoms with van der Waals surface area (Å²) in [6.45, 7) is 0.640. The molecule has 0 spiro atoms. The molecular formula is C22H19N5O3. The number of H-pyrrole nitrogens is 1. The predicted octanol–water partition coefficient (Wildman–Crippen LogP) is 2.01. The second-order valence-corrected chi connectivity index (χ2v) is 7.11. The monoisotopic (exact) mass is 401 g/mol. The van der Waals surface area contributed by atoms with E-state index in [9.17, 15) is 9.59 Å². The molecule has 1 amide bonds. The normalized spacial score (nSPS) is 15.7. The highest BCUT2D eigenvalue weighted by Gasteiger charge is 2.27. The lowest BCUT2D eigenvalue weighted by atomic mass is 9.97. The van der Waals surface area contributed by atoms with Gasteiger partial charge in [-0.2, -0.15) is 0 Å². The minimum atomic E-state index is -0.649. The summed E-state index contributed by atoms with van der Waals surface area (Å²) >= 11 is 0. The third kappa shape index (κ3) is 3.37. The molecule has 0 fully saturated rings. The van der Waals surface area contributed by atoms with Gasteiger partial charge in [-0.05, 0) is 29.7 Å². The summed E-state index contributed by atoms with van der Waals surface area (Å²) in [6.07, 6.45) is 3.54. The summed E-state index contributed by atoms with van der Waals surface area (Å²) in [5.74, 6) is -0.241. The van der Waals surface area contributed by atoms with Crippen LogP contribution in [-0.2, 0) is 22.5 Å². The summed E-state index contributed by atoms with van der Waals surface area (Å²) in [5, 5.41) is 5.87. The van der Waals surface area contributed by atoms with E-state index in [0.717, 1.165) is 28.8 Å². The van der Waals surface area contributed by atoms with Gasteiger partial charge < -0.3 is 10.1 Å². The van der Waals surface area contributed by atoms with Gasteiger partial charge in [-0.25, -0.2) is 9.50 Å². The molecule has 1 unspecified atom stereocenters. The van der Waals surface area contributed by atoms with E-state index in [1.54, 1.807) is 18.5 Å². The molecule has 30 heavy (non-hydrogen) atoms. The van der Waals surface area contributed by atoms with E-state index in [4.69, 9.17) is 4.74 Å². The molecule has 0 saturated heterocycles. The average Bonchev–Trinajstić information content (AvgIpc) is 3.23. The van der Waals surface area contributed by atoms with Crippen LogP contribution in [0.1, 0.15) is 22.9 Å². The minimum absolute atomic E-state index is 0.139. The maximum absolute atomic E-state index is 12.7. The van der Waals surface area contributed by atoms with Crippen LogP contribution in [-0.4, -0.2) is 32.1 Å². The van der Waals surface area contributed by atoms with E-state index >= 15 is 0 Å². The Morgan fingerprint density at radius 3 is 3.00 bits per heavy atom. The van der Waals surface area contributed by atoms with E-state index in [-0.39, 0.29) is 18.0 Å². The molecule has 3 aromatic heterocycles. The number of aromatic nitrogens is 4. The molecule has 1 aliphatic rings. The first-order valence-electron chi connectivity index (χ1n) is 9.68. The quantitative estimate of drug-likeness (QED) is 0.545. The van der Waals surface area contributed by atoms with Crippen LogP contribution < -0.4 is 10.9 Å². The predicted molar refractivity (Wildman–Crippen MR) is 110 cm³/mol. The van der Waals surface area contributed by atoms with E-state index in [0.29, 0.717) is 17.9 Å². The molecule has 1 aromatic carbocycles. The fraction of sp³-hybridized carbons (Fsp3) is 0.182. The molecule has 4 aromatic rings. The van der Waals surface area contributed by atoms with Gasteiger partial charge in [0.2, 0.25) is 0 Å². The summed E-state index contributed by atoms with van der Waals surface area (Å²) in [5.41, 5.74) is 4.30. The molecule has 1 aliphatic heterocycles. The number of rotatable bonds is 4. The number of fused-ring (bicyclic) bond motifs is 2. The standard InChI is InChI=1S/C22H19N5O3/c28-20-10-16(25-19-11-18(26-27(19)20)15-5-3-8-23-12-15)13-24-22(29)21-17-6-2-1-4-14(17)7-9-30-21/h1-6,8,10-12,21,26H,7,9,13H2,(H,24,29). The first-order valence-corrected chi connectivity index (χ1v) is 9.68. The van der Waals surface area contributed by atoms with Crippen molar-refractivity contribution in [3.63, 3.8) is 0 Å². The van der Waals surface area contributed by atoms with Crippen molar-refractivity contribution < 1.29 is 9.53 Å². The van der Waals surface area contributed by atoms with Crippen LogP contribution >= 0.6 is 0 Å². The lowest BCUT2D eigenvalue weighted by Crippen LogP contribution is -2.34. The van der Waals surface area contributed by atoms with E-state index < -0.39 is 6.10 Å². The van der Waals surface area contributed by atoms with Crippen LogP contribution in [0, 0.1) is 0 Å². The van der Waals surface area contributed by atoms with Gasteiger partial charge in [-0.15, -0.1) is 0 Å². The minimum Gasteiger partial charge on any atom is -0.363 e. The average molecular weight is 401 g/mol. The van der Waals surface area contributed by atoms with Crippen LogP contribution in [0.5, 0.6) is 0 Å². The molecule has 150 valence electrons. The number of aromatic amines is 1. The van der Waals surface area contributed by atoms with Crippen molar-refractivity contribution in [2.45, 2.75) is 19.1 Å². The van der Waals surface area contributed by atoms with Crippen LogP contribution in [0.4, 0.5) is 0 Å². The van der Waals surface area contributed by atoms with Crippen molar-refractivity contribution in [2.75, 3.05) is 6.61 Å². The smallest absolute Gasteiger partial charge is 0.272 e. The van der Waals surface area contributed by atoms with Gasteiger partial charge in [0.1, 0.15) is 0 Å². The second kappa shape index (κ2) is 7.57.